The minimum absolute atomic E-state index is 0.0459. The van der Waals surface area contributed by atoms with Gasteiger partial charge in [-0.1, -0.05) is 6.42 Å². The van der Waals surface area contributed by atoms with Crippen molar-refractivity contribution in [2.75, 3.05) is 31.2 Å². The van der Waals surface area contributed by atoms with E-state index in [-0.39, 0.29) is 6.10 Å². The molecule has 0 spiro atoms. The lowest BCUT2D eigenvalue weighted by Gasteiger charge is -2.32. The van der Waals surface area contributed by atoms with Gasteiger partial charge in [0.2, 0.25) is 5.88 Å². The average molecular weight is 279 g/mol. The molecule has 2 rings (SSSR count). The zero-order valence-corrected chi connectivity index (χ0v) is 12.6. The van der Waals surface area contributed by atoms with Crippen LogP contribution < -0.4 is 15.8 Å². The van der Waals surface area contributed by atoms with Crippen LogP contribution in [0, 0.1) is 0 Å². The lowest BCUT2D eigenvalue weighted by Crippen LogP contribution is -2.40. The van der Waals surface area contributed by atoms with Crippen molar-refractivity contribution < 1.29 is 4.74 Å². The molecule has 0 aromatic carbocycles. The van der Waals surface area contributed by atoms with Crippen molar-refractivity contribution in [3.05, 3.63) is 6.33 Å². The van der Waals surface area contributed by atoms with E-state index in [1.165, 1.54) is 25.6 Å². The summed E-state index contributed by atoms with van der Waals surface area (Å²) in [7, 11) is 2.17. The lowest BCUT2D eigenvalue weighted by molar-refractivity contribution is 0.194. The number of hydrogen-bond donors (Lipinski definition) is 2. The topological polar surface area (TPSA) is 76.3 Å². The first-order chi connectivity index (χ1) is 9.58. The zero-order valence-electron chi connectivity index (χ0n) is 12.6. The summed E-state index contributed by atoms with van der Waals surface area (Å²) < 4.78 is 5.57. The molecule has 0 bridgehead atoms. The molecule has 2 heterocycles. The molecule has 20 heavy (non-hydrogen) atoms. The van der Waals surface area contributed by atoms with Crippen LogP contribution in [0.4, 0.5) is 11.5 Å². The second-order valence-electron chi connectivity index (χ2n) is 5.62. The number of rotatable bonds is 5. The van der Waals surface area contributed by atoms with Crippen LogP contribution >= 0.6 is 0 Å². The highest BCUT2D eigenvalue weighted by molar-refractivity contribution is 5.66. The van der Waals surface area contributed by atoms with E-state index >= 15 is 0 Å². The Morgan fingerprint density at radius 2 is 2.25 bits per heavy atom. The minimum atomic E-state index is 0.0459. The Bertz CT molecular complexity index is 438. The molecule has 1 aromatic heterocycles. The summed E-state index contributed by atoms with van der Waals surface area (Å²) in [5.41, 5.74) is 6.54. The van der Waals surface area contributed by atoms with Gasteiger partial charge < -0.3 is 20.7 Å². The number of hydrogen-bond acceptors (Lipinski definition) is 6. The molecule has 1 fully saturated rings. The van der Waals surface area contributed by atoms with Crippen LogP contribution in [0.2, 0.25) is 0 Å². The van der Waals surface area contributed by atoms with Crippen molar-refractivity contribution in [1.29, 1.82) is 0 Å². The van der Waals surface area contributed by atoms with Gasteiger partial charge in [0.1, 0.15) is 12.0 Å². The van der Waals surface area contributed by atoms with E-state index < -0.39 is 0 Å². The number of nitrogen functional groups attached to an aromatic ring is 1. The van der Waals surface area contributed by atoms with Crippen molar-refractivity contribution in [3.8, 4) is 5.88 Å². The summed E-state index contributed by atoms with van der Waals surface area (Å²) in [4.78, 5) is 10.7. The van der Waals surface area contributed by atoms with Crippen LogP contribution in [0.5, 0.6) is 5.88 Å². The quantitative estimate of drug-likeness (QED) is 0.855. The minimum Gasteiger partial charge on any atom is -0.473 e. The van der Waals surface area contributed by atoms with Gasteiger partial charge in [-0.15, -0.1) is 0 Å². The molecule has 1 saturated heterocycles. The molecule has 0 aliphatic carbocycles. The third kappa shape index (κ3) is 3.72. The summed E-state index contributed by atoms with van der Waals surface area (Å²) in [5.74, 6) is 1.11. The summed E-state index contributed by atoms with van der Waals surface area (Å²) in [5, 5.41) is 3.33. The molecule has 1 aliphatic heterocycles. The van der Waals surface area contributed by atoms with Gasteiger partial charge in [-0.05, 0) is 40.3 Å². The number of anilines is 2. The fourth-order valence-electron chi connectivity index (χ4n) is 2.45. The van der Waals surface area contributed by atoms with E-state index in [9.17, 15) is 0 Å². The highest BCUT2D eigenvalue weighted by atomic mass is 16.5. The largest absolute Gasteiger partial charge is 0.473 e. The van der Waals surface area contributed by atoms with Crippen LogP contribution in [0.3, 0.4) is 0 Å². The van der Waals surface area contributed by atoms with Crippen molar-refractivity contribution in [2.45, 2.75) is 45.3 Å². The number of nitrogens with zero attached hydrogens (tertiary/aromatic N) is 3. The number of aromatic nitrogens is 2. The van der Waals surface area contributed by atoms with E-state index in [1.54, 1.807) is 0 Å². The SMILES string of the molecule is CC(C)Oc1ncnc(NCC2CCCCN2C)c1N. The zero-order chi connectivity index (χ0) is 14.5. The maximum absolute atomic E-state index is 6.06. The summed E-state index contributed by atoms with van der Waals surface area (Å²) in [6.07, 6.45) is 5.32. The molecule has 3 N–H and O–H groups in total. The Balaban J connectivity index is 1.98. The maximum Gasteiger partial charge on any atom is 0.242 e. The Hall–Kier alpha value is -1.56. The van der Waals surface area contributed by atoms with Crippen molar-refractivity contribution in [3.63, 3.8) is 0 Å². The predicted molar refractivity (Wildman–Crippen MR) is 81.0 cm³/mol. The highest BCUT2D eigenvalue weighted by Crippen LogP contribution is 2.26. The smallest absolute Gasteiger partial charge is 0.242 e. The number of piperidine rings is 1. The van der Waals surface area contributed by atoms with E-state index in [1.807, 2.05) is 13.8 Å². The van der Waals surface area contributed by atoms with Gasteiger partial charge in [0.15, 0.2) is 5.82 Å². The molecule has 1 unspecified atom stereocenters. The first kappa shape index (κ1) is 14.8. The summed E-state index contributed by atoms with van der Waals surface area (Å²) >= 11 is 0. The fraction of sp³-hybridized carbons (Fsp3) is 0.714. The van der Waals surface area contributed by atoms with Crippen molar-refractivity contribution in [2.24, 2.45) is 0 Å². The maximum atomic E-state index is 6.06. The molecule has 0 amide bonds. The third-order valence-corrected chi connectivity index (χ3v) is 3.62. The average Bonchev–Trinajstić information content (AvgIpc) is 2.41. The predicted octanol–water partition coefficient (Wildman–Crippen LogP) is 1.74. The molecular formula is C14H25N5O. The molecule has 0 saturated carbocycles. The van der Waals surface area contributed by atoms with Gasteiger partial charge in [-0.2, -0.15) is 4.98 Å². The Morgan fingerprint density at radius 1 is 1.45 bits per heavy atom. The van der Waals surface area contributed by atoms with Crippen LogP contribution in [-0.4, -0.2) is 47.2 Å². The molecule has 1 aliphatic rings. The monoisotopic (exact) mass is 279 g/mol. The molecule has 1 atom stereocenters. The van der Waals surface area contributed by atoms with Crippen molar-refractivity contribution in [1.82, 2.24) is 14.9 Å². The molecule has 6 heteroatoms. The number of nitrogens with one attached hydrogen (secondary N) is 1. The fourth-order valence-corrected chi connectivity index (χ4v) is 2.45. The lowest BCUT2D eigenvalue weighted by atomic mass is 10.0. The standard InChI is InChI=1S/C14H25N5O/c1-10(2)20-14-12(15)13(17-9-18-14)16-8-11-6-4-5-7-19(11)3/h9-11H,4-8,15H2,1-3H3,(H,16,17,18). The first-order valence-corrected chi connectivity index (χ1v) is 7.29. The van der Waals surface area contributed by atoms with Gasteiger partial charge in [0, 0.05) is 12.6 Å². The highest BCUT2D eigenvalue weighted by Gasteiger charge is 2.19. The van der Waals surface area contributed by atoms with Crippen molar-refractivity contribution >= 4 is 11.5 Å². The molecule has 112 valence electrons. The summed E-state index contributed by atoms with van der Waals surface area (Å²) in [6, 6.07) is 0.535. The third-order valence-electron chi connectivity index (χ3n) is 3.62. The molecule has 6 nitrogen and oxygen atoms in total. The number of likely N-dealkylation sites (N-methyl/N-ethyl adjacent to an activating group) is 1. The van der Waals surface area contributed by atoms with Crippen LogP contribution in [-0.2, 0) is 0 Å². The van der Waals surface area contributed by atoms with Gasteiger partial charge in [0.05, 0.1) is 6.10 Å². The normalized spacial score (nSPS) is 20.1. The van der Waals surface area contributed by atoms with E-state index in [0.717, 1.165) is 13.1 Å². The Morgan fingerprint density at radius 3 is 2.95 bits per heavy atom. The summed E-state index contributed by atoms with van der Waals surface area (Å²) in [6.45, 7) is 5.91. The Labute approximate surface area is 120 Å². The number of ether oxygens (including phenoxy) is 1. The van der Waals surface area contributed by atoms with E-state index in [0.29, 0.717) is 23.4 Å². The van der Waals surface area contributed by atoms with E-state index in [2.05, 4.69) is 27.2 Å². The Kier molecular flexibility index (Phi) is 5.00. The number of likely N-dealkylation sites (tertiary alicyclic amines) is 1. The van der Waals surface area contributed by atoms with Crippen LogP contribution in [0.25, 0.3) is 0 Å². The second kappa shape index (κ2) is 6.74. The molecule has 0 radical (unpaired) electrons. The van der Waals surface area contributed by atoms with E-state index in [4.69, 9.17) is 10.5 Å². The van der Waals surface area contributed by atoms with Gasteiger partial charge in [0.25, 0.3) is 0 Å². The van der Waals surface area contributed by atoms with Gasteiger partial charge in [-0.3, -0.25) is 0 Å². The molecule has 1 aromatic rings. The number of nitrogens with two attached hydrogens (primary N) is 1. The van der Waals surface area contributed by atoms with Crippen LogP contribution in [0.15, 0.2) is 6.33 Å². The second-order valence-corrected chi connectivity index (χ2v) is 5.62. The van der Waals surface area contributed by atoms with Gasteiger partial charge >= 0.3 is 0 Å². The molecular weight excluding hydrogens is 254 g/mol. The van der Waals surface area contributed by atoms with Crippen LogP contribution in [0.1, 0.15) is 33.1 Å². The first-order valence-electron chi connectivity index (χ1n) is 7.29. The van der Waals surface area contributed by atoms with Gasteiger partial charge in [-0.25, -0.2) is 4.98 Å².